The van der Waals surface area contributed by atoms with Gasteiger partial charge >= 0.3 is 0 Å². The van der Waals surface area contributed by atoms with Crippen LogP contribution < -0.4 is 0 Å². The molecule has 0 unspecified atom stereocenters. The van der Waals surface area contributed by atoms with Crippen molar-refractivity contribution in [2.24, 2.45) is 0 Å². The summed E-state index contributed by atoms with van der Waals surface area (Å²) in [5, 5.41) is 8.58. The van der Waals surface area contributed by atoms with Crippen molar-refractivity contribution in [3.8, 4) is 11.8 Å². The summed E-state index contributed by atoms with van der Waals surface area (Å²) >= 11 is 1.71. The number of aliphatic hydroxyl groups excluding tert-OH is 1. The normalized spacial score (nSPS) is 10.1. The molecule has 2 nitrogen and oxygen atoms in total. The third-order valence-electron chi connectivity index (χ3n) is 2.23. The van der Waals surface area contributed by atoms with Gasteiger partial charge in [-0.2, -0.15) is 0 Å². The highest BCUT2D eigenvalue weighted by Gasteiger charge is 2.03. The van der Waals surface area contributed by atoms with Crippen LogP contribution in [0, 0.1) is 11.8 Å². The Balaban J connectivity index is 2.59. The quantitative estimate of drug-likeness (QED) is 0.788. The molecule has 1 heterocycles. The molecule has 0 atom stereocenters. The molecule has 0 aliphatic carbocycles. The SMILES string of the molecule is CCN(CC)Cc1ccc(C#CCO)s1. The third kappa shape index (κ3) is 4.05. The van der Waals surface area contributed by atoms with Crippen LogP contribution in [0.1, 0.15) is 23.6 Å². The van der Waals surface area contributed by atoms with Crippen molar-refractivity contribution in [2.45, 2.75) is 20.4 Å². The fourth-order valence-corrected chi connectivity index (χ4v) is 2.25. The minimum absolute atomic E-state index is 0.0662. The molecule has 82 valence electrons. The van der Waals surface area contributed by atoms with Crippen molar-refractivity contribution in [1.82, 2.24) is 4.90 Å². The van der Waals surface area contributed by atoms with Gasteiger partial charge in [-0.3, -0.25) is 4.90 Å². The number of aliphatic hydroxyl groups is 1. The highest BCUT2D eigenvalue weighted by atomic mass is 32.1. The van der Waals surface area contributed by atoms with Crippen LogP contribution >= 0.6 is 11.3 Å². The van der Waals surface area contributed by atoms with E-state index in [9.17, 15) is 0 Å². The lowest BCUT2D eigenvalue weighted by Gasteiger charge is -2.16. The Kier molecular flexibility index (Phi) is 5.41. The summed E-state index contributed by atoms with van der Waals surface area (Å²) in [6, 6.07) is 4.14. The van der Waals surface area contributed by atoms with E-state index < -0.39 is 0 Å². The van der Waals surface area contributed by atoms with Crippen LogP contribution in [0.5, 0.6) is 0 Å². The molecule has 1 rings (SSSR count). The van der Waals surface area contributed by atoms with Crippen molar-refractivity contribution >= 4 is 11.3 Å². The lowest BCUT2D eigenvalue weighted by molar-refractivity contribution is 0.298. The predicted octanol–water partition coefficient (Wildman–Crippen LogP) is 1.93. The summed E-state index contributed by atoms with van der Waals surface area (Å²) in [6.45, 7) is 7.42. The Morgan fingerprint density at radius 1 is 1.33 bits per heavy atom. The maximum atomic E-state index is 8.58. The van der Waals surface area contributed by atoms with Crippen LogP contribution in [0.15, 0.2) is 12.1 Å². The molecule has 0 aromatic carbocycles. The first-order valence-corrected chi connectivity index (χ1v) is 6.02. The Bertz CT molecular complexity index is 344. The van der Waals surface area contributed by atoms with Crippen molar-refractivity contribution in [1.29, 1.82) is 0 Å². The van der Waals surface area contributed by atoms with E-state index in [1.54, 1.807) is 11.3 Å². The van der Waals surface area contributed by atoms with Gasteiger partial charge in [-0.15, -0.1) is 11.3 Å². The molecule has 0 aliphatic heterocycles. The molecule has 0 radical (unpaired) electrons. The molecular weight excluding hydrogens is 206 g/mol. The Morgan fingerprint density at radius 2 is 2.07 bits per heavy atom. The maximum Gasteiger partial charge on any atom is 0.104 e. The molecule has 0 amide bonds. The van der Waals surface area contributed by atoms with Gasteiger partial charge in [-0.25, -0.2) is 0 Å². The molecular formula is C12H17NOS. The largest absolute Gasteiger partial charge is 0.384 e. The summed E-state index contributed by atoms with van der Waals surface area (Å²) in [7, 11) is 0. The lowest BCUT2D eigenvalue weighted by Crippen LogP contribution is -2.21. The Labute approximate surface area is 95.5 Å². The van der Waals surface area contributed by atoms with Gasteiger partial charge in [0, 0.05) is 11.4 Å². The molecule has 3 heteroatoms. The Morgan fingerprint density at radius 3 is 2.67 bits per heavy atom. The van der Waals surface area contributed by atoms with E-state index in [-0.39, 0.29) is 6.61 Å². The van der Waals surface area contributed by atoms with E-state index >= 15 is 0 Å². The second-order valence-electron chi connectivity index (χ2n) is 3.19. The zero-order valence-corrected chi connectivity index (χ0v) is 10.1. The van der Waals surface area contributed by atoms with Crippen LogP contribution in [-0.4, -0.2) is 29.7 Å². The van der Waals surface area contributed by atoms with Crippen molar-refractivity contribution in [2.75, 3.05) is 19.7 Å². The summed E-state index contributed by atoms with van der Waals surface area (Å²) < 4.78 is 0. The average Bonchev–Trinajstić information content (AvgIpc) is 2.70. The van der Waals surface area contributed by atoms with Gasteiger partial charge in [-0.05, 0) is 25.2 Å². The highest BCUT2D eigenvalue weighted by Crippen LogP contribution is 2.17. The van der Waals surface area contributed by atoms with Crippen molar-refractivity contribution in [3.05, 3.63) is 21.9 Å². The van der Waals surface area contributed by atoms with Crippen LogP contribution in [0.3, 0.4) is 0 Å². The van der Waals surface area contributed by atoms with Crippen LogP contribution in [0.2, 0.25) is 0 Å². The minimum Gasteiger partial charge on any atom is -0.384 e. The Hall–Kier alpha value is -0.820. The van der Waals surface area contributed by atoms with Gasteiger partial charge in [0.25, 0.3) is 0 Å². The van der Waals surface area contributed by atoms with Gasteiger partial charge in [0.05, 0.1) is 4.88 Å². The molecule has 0 saturated heterocycles. The van der Waals surface area contributed by atoms with Crippen LogP contribution in [-0.2, 0) is 6.54 Å². The zero-order chi connectivity index (χ0) is 11.1. The number of rotatable bonds is 4. The van der Waals surface area contributed by atoms with Gasteiger partial charge in [0.2, 0.25) is 0 Å². The third-order valence-corrected chi connectivity index (χ3v) is 3.21. The average molecular weight is 223 g/mol. The van der Waals surface area contributed by atoms with E-state index in [1.807, 2.05) is 6.07 Å². The van der Waals surface area contributed by atoms with E-state index in [4.69, 9.17) is 5.11 Å². The summed E-state index contributed by atoms with van der Waals surface area (Å²) in [5.41, 5.74) is 0. The topological polar surface area (TPSA) is 23.5 Å². The van der Waals surface area contributed by atoms with Gasteiger partial charge < -0.3 is 5.11 Å². The van der Waals surface area contributed by atoms with Crippen molar-refractivity contribution < 1.29 is 5.11 Å². The summed E-state index contributed by atoms with van der Waals surface area (Å²) in [6.07, 6.45) is 0. The smallest absolute Gasteiger partial charge is 0.104 e. The fraction of sp³-hybridized carbons (Fsp3) is 0.500. The van der Waals surface area contributed by atoms with E-state index in [0.29, 0.717) is 0 Å². The molecule has 0 bridgehead atoms. The molecule has 0 aliphatic rings. The predicted molar refractivity (Wildman–Crippen MR) is 64.9 cm³/mol. The van der Waals surface area contributed by atoms with E-state index in [0.717, 1.165) is 24.5 Å². The summed E-state index contributed by atoms with van der Waals surface area (Å²) in [4.78, 5) is 4.74. The van der Waals surface area contributed by atoms with E-state index in [2.05, 4.69) is 36.7 Å². The van der Waals surface area contributed by atoms with Gasteiger partial charge in [0.15, 0.2) is 0 Å². The maximum absolute atomic E-state index is 8.58. The molecule has 1 N–H and O–H groups in total. The first kappa shape index (κ1) is 12.3. The molecule has 0 fully saturated rings. The number of hydrogen-bond acceptors (Lipinski definition) is 3. The lowest BCUT2D eigenvalue weighted by atomic mass is 10.4. The molecule has 1 aromatic heterocycles. The monoisotopic (exact) mass is 223 g/mol. The van der Waals surface area contributed by atoms with Gasteiger partial charge in [0.1, 0.15) is 6.61 Å². The zero-order valence-electron chi connectivity index (χ0n) is 9.29. The van der Waals surface area contributed by atoms with Crippen LogP contribution in [0.25, 0.3) is 0 Å². The van der Waals surface area contributed by atoms with Gasteiger partial charge in [-0.1, -0.05) is 25.7 Å². The molecule has 15 heavy (non-hydrogen) atoms. The second kappa shape index (κ2) is 6.62. The minimum atomic E-state index is -0.0662. The molecule has 0 saturated carbocycles. The first-order valence-electron chi connectivity index (χ1n) is 5.21. The van der Waals surface area contributed by atoms with Crippen molar-refractivity contribution in [3.63, 3.8) is 0 Å². The first-order chi connectivity index (χ1) is 7.30. The highest BCUT2D eigenvalue weighted by molar-refractivity contribution is 7.12. The number of hydrogen-bond donors (Lipinski definition) is 1. The summed E-state index contributed by atoms with van der Waals surface area (Å²) in [5.74, 6) is 5.59. The molecule has 0 spiro atoms. The van der Waals surface area contributed by atoms with Crippen LogP contribution in [0.4, 0.5) is 0 Å². The number of thiophene rings is 1. The standard InChI is InChI=1S/C12H17NOS/c1-3-13(4-2)10-12-8-7-11(15-12)6-5-9-14/h7-8,14H,3-4,9-10H2,1-2H3. The second-order valence-corrected chi connectivity index (χ2v) is 4.36. The number of nitrogens with zero attached hydrogens (tertiary/aromatic N) is 1. The molecule has 1 aromatic rings. The fourth-order valence-electron chi connectivity index (χ4n) is 1.32. The van der Waals surface area contributed by atoms with E-state index in [1.165, 1.54) is 4.88 Å².